The number of rotatable bonds is 12. The predicted molar refractivity (Wildman–Crippen MR) is 140 cm³/mol. The summed E-state index contributed by atoms with van der Waals surface area (Å²) in [4.78, 5) is 13.4. The molecule has 1 aliphatic carbocycles. The second kappa shape index (κ2) is 12.5. The van der Waals surface area contributed by atoms with Crippen LogP contribution < -0.4 is 0 Å². The minimum Gasteiger partial charge on any atom is -0.459 e. The molecule has 0 aliphatic heterocycles. The normalized spacial score (nSPS) is 23.4. The lowest BCUT2D eigenvalue weighted by molar-refractivity contribution is 0.0383. The molecular weight excluding hydrogens is 468 g/mol. The largest absolute Gasteiger partial charge is 0.459 e. The Balaban J connectivity index is 1.59. The summed E-state index contributed by atoms with van der Waals surface area (Å²) in [5.41, 5.74) is 1.97. The van der Waals surface area contributed by atoms with Gasteiger partial charge in [-0.1, -0.05) is 50.5 Å². The van der Waals surface area contributed by atoms with Gasteiger partial charge in [0, 0.05) is 10.8 Å². The number of aliphatic hydroxyl groups is 2. The van der Waals surface area contributed by atoms with Crippen LogP contribution >= 0.6 is 22.9 Å². The first-order valence-electron chi connectivity index (χ1n) is 12.7. The first kappa shape index (κ1) is 27.2. The molecule has 4 nitrogen and oxygen atoms in total. The fraction of sp³-hybridized carbons (Fsp3) is 0.607. The van der Waals surface area contributed by atoms with Crippen molar-refractivity contribution in [2.75, 3.05) is 0 Å². The standard InChI is InChI=1S/C28H39ClO4S/c1-4-5-6-9-23(30)20-10-12-21(13-11-20)26-24(31)16-18-28(26,29)17-7-8-22-14-15-25(34-22)27(32)33-19(2)3/h10-15,19,23-24,26,30-31H,4-9,16-18H2,1-3H3/t23?,24-,26+,28-/m1/s1. The van der Waals surface area contributed by atoms with Crippen molar-refractivity contribution >= 4 is 28.9 Å². The first-order chi connectivity index (χ1) is 16.2. The highest BCUT2D eigenvalue weighted by Gasteiger charge is 2.47. The number of alkyl halides is 1. The molecule has 4 atom stereocenters. The summed E-state index contributed by atoms with van der Waals surface area (Å²) in [6, 6.07) is 11.9. The van der Waals surface area contributed by atoms with Gasteiger partial charge in [0.15, 0.2) is 0 Å². The molecule has 1 aromatic carbocycles. The van der Waals surface area contributed by atoms with Crippen molar-refractivity contribution in [1.82, 2.24) is 0 Å². The summed E-state index contributed by atoms with van der Waals surface area (Å²) < 4.78 is 5.28. The Labute approximate surface area is 213 Å². The first-order valence-corrected chi connectivity index (χ1v) is 13.9. The van der Waals surface area contributed by atoms with Crippen molar-refractivity contribution in [1.29, 1.82) is 0 Å². The second-order valence-corrected chi connectivity index (χ2v) is 11.8. The van der Waals surface area contributed by atoms with Crippen LogP contribution in [0.3, 0.4) is 0 Å². The topological polar surface area (TPSA) is 66.8 Å². The lowest BCUT2D eigenvalue weighted by atomic mass is 9.83. The quantitative estimate of drug-likeness (QED) is 0.182. The van der Waals surface area contributed by atoms with Gasteiger partial charge in [0.1, 0.15) is 4.88 Å². The summed E-state index contributed by atoms with van der Waals surface area (Å²) >= 11 is 8.63. The smallest absolute Gasteiger partial charge is 0.348 e. The molecule has 1 unspecified atom stereocenters. The lowest BCUT2D eigenvalue weighted by Crippen LogP contribution is -2.30. The van der Waals surface area contributed by atoms with E-state index in [0.717, 1.165) is 67.4 Å². The van der Waals surface area contributed by atoms with E-state index in [-0.39, 0.29) is 18.0 Å². The molecule has 1 aromatic heterocycles. The number of benzene rings is 1. The molecule has 34 heavy (non-hydrogen) atoms. The summed E-state index contributed by atoms with van der Waals surface area (Å²) in [7, 11) is 0. The predicted octanol–water partition coefficient (Wildman–Crippen LogP) is 7.17. The Bertz CT molecular complexity index is 909. The number of aryl methyl sites for hydroxylation is 1. The van der Waals surface area contributed by atoms with Gasteiger partial charge in [-0.25, -0.2) is 4.79 Å². The Morgan fingerprint density at radius 2 is 1.91 bits per heavy atom. The van der Waals surface area contributed by atoms with Crippen molar-refractivity contribution < 1.29 is 19.7 Å². The summed E-state index contributed by atoms with van der Waals surface area (Å²) in [5, 5.41) is 21.2. The van der Waals surface area contributed by atoms with Gasteiger partial charge in [0.2, 0.25) is 0 Å². The second-order valence-electron chi connectivity index (χ2n) is 9.87. The zero-order valence-corrected chi connectivity index (χ0v) is 22.2. The number of halogens is 1. The lowest BCUT2D eigenvalue weighted by Gasteiger charge is -2.31. The number of thiophene rings is 1. The van der Waals surface area contributed by atoms with Gasteiger partial charge in [0.05, 0.1) is 23.2 Å². The Hall–Kier alpha value is -1.40. The minimum absolute atomic E-state index is 0.125. The molecule has 188 valence electrons. The molecule has 3 rings (SSSR count). The van der Waals surface area contributed by atoms with Crippen LogP contribution in [0, 0.1) is 0 Å². The zero-order chi connectivity index (χ0) is 24.7. The van der Waals surface area contributed by atoms with Gasteiger partial charge in [-0.2, -0.15) is 0 Å². The molecule has 0 radical (unpaired) electrons. The van der Waals surface area contributed by atoms with E-state index in [9.17, 15) is 15.0 Å². The third-order valence-electron chi connectivity index (χ3n) is 6.78. The van der Waals surface area contributed by atoms with Gasteiger partial charge in [0.25, 0.3) is 0 Å². The maximum atomic E-state index is 12.1. The number of ether oxygens (including phenoxy) is 1. The van der Waals surface area contributed by atoms with Gasteiger partial charge < -0.3 is 14.9 Å². The fourth-order valence-electron chi connectivity index (χ4n) is 4.99. The van der Waals surface area contributed by atoms with Crippen LogP contribution in [0.5, 0.6) is 0 Å². The van der Waals surface area contributed by atoms with E-state index in [4.69, 9.17) is 16.3 Å². The highest BCUT2D eigenvalue weighted by Crippen LogP contribution is 2.50. The SMILES string of the molecule is CCCCCC(O)c1ccc([C@H]2[C@H](O)CC[C@]2(Cl)CCCc2ccc(C(=O)OC(C)C)s2)cc1. The highest BCUT2D eigenvalue weighted by molar-refractivity contribution is 7.13. The summed E-state index contributed by atoms with van der Waals surface area (Å²) in [6.45, 7) is 5.86. The monoisotopic (exact) mass is 506 g/mol. The van der Waals surface area contributed by atoms with Gasteiger partial charge in [-0.3, -0.25) is 0 Å². The number of carbonyl (C=O) groups is 1. The Kier molecular flexibility index (Phi) is 10.0. The fourth-order valence-corrected chi connectivity index (χ4v) is 6.43. The zero-order valence-electron chi connectivity index (χ0n) is 20.6. The van der Waals surface area contributed by atoms with E-state index >= 15 is 0 Å². The van der Waals surface area contributed by atoms with Crippen molar-refractivity contribution in [3.63, 3.8) is 0 Å². The van der Waals surface area contributed by atoms with Crippen LogP contribution in [0.25, 0.3) is 0 Å². The van der Waals surface area contributed by atoms with Gasteiger partial charge in [-0.15, -0.1) is 22.9 Å². The van der Waals surface area contributed by atoms with E-state index in [1.807, 2.05) is 50.2 Å². The molecule has 2 aromatic rings. The number of unbranched alkanes of at least 4 members (excludes halogenated alkanes) is 2. The minimum atomic E-state index is -0.489. The molecular formula is C28H39ClO4S. The number of hydrogen-bond donors (Lipinski definition) is 2. The third-order valence-corrected chi connectivity index (χ3v) is 8.52. The number of carbonyl (C=O) groups excluding carboxylic acids is 1. The molecule has 0 bridgehead atoms. The van der Waals surface area contributed by atoms with E-state index in [2.05, 4.69) is 6.92 Å². The molecule has 1 heterocycles. The van der Waals surface area contributed by atoms with Crippen molar-refractivity contribution in [2.45, 2.75) is 108 Å². The van der Waals surface area contributed by atoms with Gasteiger partial charge in [-0.05, 0) is 75.6 Å². The number of hydrogen-bond acceptors (Lipinski definition) is 5. The molecule has 6 heteroatoms. The molecule has 2 N–H and O–H groups in total. The van der Waals surface area contributed by atoms with Crippen molar-refractivity contribution in [3.8, 4) is 0 Å². The maximum absolute atomic E-state index is 12.1. The van der Waals surface area contributed by atoms with Crippen LogP contribution in [0.1, 0.15) is 110 Å². The van der Waals surface area contributed by atoms with Crippen LogP contribution in [0.4, 0.5) is 0 Å². The van der Waals surface area contributed by atoms with Crippen LogP contribution in [-0.2, 0) is 11.2 Å². The maximum Gasteiger partial charge on any atom is 0.348 e. The molecule has 1 saturated carbocycles. The Morgan fingerprint density at radius 1 is 1.18 bits per heavy atom. The number of esters is 1. The van der Waals surface area contributed by atoms with Gasteiger partial charge >= 0.3 is 5.97 Å². The molecule has 0 amide bonds. The average molecular weight is 507 g/mol. The Morgan fingerprint density at radius 3 is 2.59 bits per heavy atom. The van der Waals surface area contributed by atoms with E-state index < -0.39 is 17.1 Å². The van der Waals surface area contributed by atoms with Crippen LogP contribution in [-0.4, -0.2) is 33.3 Å². The van der Waals surface area contributed by atoms with E-state index in [1.165, 1.54) is 11.3 Å². The van der Waals surface area contributed by atoms with Crippen LogP contribution in [0.2, 0.25) is 0 Å². The summed E-state index contributed by atoms with van der Waals surface area (Å²) in [6.07, 6.45) is 7.04. The molecule has 0 spiro atoms. The summed E-state index contributed by atoms with van der Waals surface area (Å²) in [5.74, 6) is -0.390. The van der Waals surface area contributed by atoms with Crippen molar-refractivity contribution in [2.24, 2.45) is 0 Å². The van der Waals surface area contributed by atoms with Crippen molar-refractivity contribution in [3.05, 3.63) is 57.3 Å². The van der Waals surface area contributed by atoms with Crippen LogP contribution in [0.15, 0.2) is 36.4 Å². The third kappa shape index (κ3) is 7.07. The van der Waals surface area contributed by atoms with E-state index in [0.29, 0.717) is 11.3 Å². The molecule has 1 fully saturated rings. The molecule has 1 aliphatic rings. The van der Waals surface area contributed by atoms with E-state index in [1.54, 1.807) is 0 Å². The molecule has 0 saturated heterocycles. The number of aliphatic hydroxyl groups excluding tert-OH is 2. The average Bonchev–Trinajstić information content (AvgIpc) is 3.38. The highest BCUT2D eigenvalue weighted by atomic mass is 35.5.